The van der Waals surface area contributed by atoms with E-state index in [-0.39, 0.29) is 11.9 Å². The zero-order chi connectivity index (χ0) is 19.3. The van der Waals surface area contributed by atoms with Crippen LogP contribution in [0.3, 0.4) is 0 Å². The molecular formula is C19H20ClN5O2. The van der Waals surface area contributed by atoms with E-state index in [0.717, 1.165) is 28.1 Å². The molecule has 140 valence electrons. The second kappa shape index (κ2) is 6.42. The molecule has 7 nitrogen and oxygen atoms in total. The highest BCUT2D eigenvalue weighted by atomic mass is 35.5. The number of nitrogens with one attached hydrogen (secondary N) is 1. The highest BCUT2D eigenvalue weighted by Gasteiger charge is 2.28. The van der Waals surface area contributed by atoms with E-state index in [4.69, 9.17) is 16.3 Å². The molecule has 0 saturated heterocycles. The van der Waals surface area contributed by atoms with Crippen molar-refractivity contribution in [2.24, 2.45) is 7.05 Å². The van der Waals surface area contributed by atoms with Crippen molar-refractivity contribution in [2.75, 3.05) is 17.3 Å². The number of aryl methyl sites for hydroxylation is 2. The van der Waals surface area contributed by atoms with Crippen molar-refractivity contribution in [3.8, 4) is 0 Å². The highest BCUT2D eigenvalue weighted by molar-refractivity contribution is 6.35. The van der Waals surface area contributed by atoms with Crippen molar-refractivity contribution in [1.82, 2.24) is 14.5 Å². The lowest BCUT2D eigenvalue weighted by molar-refractivity contribution is 0.0594. The van der Waals surface area contributed by atoms with Gasteiger partial charge >= 0.3 is 5.97 Å². The molecule has 3 aromatic rings. The number of halogens is 1. The monoisotopic (exact) mass is 385 g/mol. The van der Waals surface area contributed by atoms with Crippen molar-refractivity contribution in [3.63, 3.8) is 0 Å². The van der Waals surface area contributed by atoms with Crippen LogP contribution in [0.5, 0.6) is 0 Å². The zero-order valence-electron chi connectivity index (χ0n) is 15.6. The lowest BCUT2D eigenvalue weighted by atomic mass is 10.1. The molecule has 3 heterocycles. The Labute approximate surface area is 161 Å². The molecule has 0 fully saturated rings. The fourth-order valence-corrected chi connectivity index (χ4v) is 3.67. The maximum absolute atomic E-state index is 11.7. The summed E-state index contributed by atoms with van der Waals surface area (Å²) >= 11 is 6.67. The molecule has 4 rings (SSSR count). The van der Waals surface area contributed by atoms with E-state index in [1.807, 2.05) is 43.7 Å². The van der Waals surface area contributed by atoms with Crippen LogP contribution in [0.15, 0.2) is 24.3 Å². The Morgan fingerprint density at radius 1 is 1.30 bits per heavy atom. The molecule has 27 heavy (non-hydrogen) atoms. The number of esters is 1. The van der Waals surface area contributed by atoms with Gasteiger partial charge in [-0.2, -0.15) is 0 Å². The summed E-state index contributed by atoms with van der Waals surface area (Å²) in [6, 6.07) is 7.63. The lowest BCUT2D eigenvalue weighted by Crippen LogP contribution is -2.32. The zero-order valence-corrected chi connectivity index (χ0v) is 16.3. The second-order valence-corrected chi connectivity index (χ2v) is 7.01. The summed E-state index contributed by atoms with van der Waals surface area (Å²) in [5, 5.41) is 3.96. The van der Waals surface area contributed by atoms with Gasteiger partial charge in [-0.3, -0.25) is 0 Å². The summed E-state index contributed by atoms with van der Waals surface area (Å²) < 4.78 is 6.77. The summed E-state index contributed by atoms with van der Waals surface area (Å²) in [6.07, 6.45) is 0.0117. The molecular weight excluding hydrogens is 366 g/mol. The van der Waals surface area contributed by atoms with E-state index < -0.39 is 5.97 Å². The van der Waals surface area contributed by atoms with Crippen LogP contribution < -0.4 is 10.2 Å². The molecule has 1 aliphatic rings. The van der Waals surface area contributed by atoms with Crippen LogP contribution in [0.1, 0.15) is 28.8 Å². The molecule has 8 heteroatoms. The van der Waals surface area contributed by atoms with Crippen LogP contribution in [0.2, 0.25) is 5.02 Å². The molecule has 1 atom stereocenters. The van der Waals surface area contributed by atoms with Gasteiger partial charge in [0.25, 0.3) is 0 Å². The standard InChI is InChI=1S/C19H20ClN5O2/c1-10-21-17-14(24(10)3)7-5-12(16(17)20)9-25-11(2)22-18-15(25)8-6-13(23-18)19(26)27-4/h5-8,11H,9H2,1-4H3,(H,22,23). The van der Waals surface area contributed by atoms with Crippen LogP contribution in [0.4, 0.5) is 11.5 Å². The summed E-state index contributed by atoms with van der Waals surface area (Å²) in [5.74, 6) is 1.13. The van der Waals surface area contributed by atoms with E-state index in [0.29, 0.717) is 17.4 Å². The fourth-order valence-electron chi connectivity index (χ4n) is 3.40. The van der Waals surface area contributed by atoms with E-state index in [9.17, 15) is 4.79 Å². The predicted octanol–water partition coefficient (Wildman–Crippen LogP) is 3.49. The van der Waals surface area contributed by atoms with Crippen LogP contribution >= 0.6 is 11.6 Å². The second-order valence-electron chi connectivity index (χ2n) is 6.63. The number of aromatic nitrogens is 3. The molecule has 1 N–H and O–H groups in total. The number of imidazole rings is 1. The molecule has 0 radical (unpaired) electrons. The Morgan fingerprint density at radius 3 is 2.81 bits per heavy atom. The van der Waals surface area contributed by atoms with E-state index >= 15 is 0 Å². The Balaban J connectivity index is 1.69. The van der Waals surface area contributed by atoms with Crippen molar-refractivity contribution in [2.45, 2.75) is 26.6 Å². The van der Waals surface area contributed by atoms with Gasteiger partial charge in [0.2, 0.25) is 0 Å². The molecule has 0 spiro atoms. The molecule has 1 aromatic carbocycles. The summed E-state index contributed by atoms with van der Waals surface area (Å²) in [4.78, 5) is 22.8. The maximum Gasteiger partial charge on any atom is 0.356 e. The maximum atomic E-state index is 11.7. The normalized spacial score (nSPS) is 15.7. The minimum atomic E-state index is -0.454. The van der Waals surface area contributed by atoms with Gasteiger partial charge in [0.1, 0.15) is 11.3 Å². The lowest BCUT2D eigenvalue weighted by Gasteiger charge is -2.24. The fraction of sp³-hybridized carbons (Fsp3) is 0.316. The number of benzene rings is 1. The largest absolute Gasteiger partial charge is 0.464 e. The average molecular weight is 386 g/mol. The Bertz CT molecular complexity index is 1060. The summed E-state index contributed by atoms with van der Waals surface area (Å²) in [7, 11) is 3.32. The SMILES string of the molecule is COC(=O)c1ccc2c(n1)NC(C)N2Cc1ccc2c(nc(C)n2C)c1Cl. The van der Waals surface area contributed by atoms with Gasteiger partial charge in [0, 0.05) is 13.6 Å². The first-order valence-corrected chi connectivity index (χ1v) is 9.01. The molecule has 0 saturated carbocycles. The molecule has 2 aromatic heterocycles. The first-order chi connectivity index (χ1) is 12.9. The van der Waals surface area contributed by atoms with E-state index in [1.165, 1.54) is 7.11 Å². The summed E-state index contributed by atoms with van der Waals surface area (Å²) in [5.41, 5.74) is 4.01. The number of hydrogen-bond donors (Lipinski definition) is 1. The quantitative estimate of drug-likeness (QED) is 0.696. The van der Waals surface area contributed by atoms with Crippen molar-refractivity contribution < 1.29 is 9.53 Å². The van der Waals surface area contributed by atoms with Crippen LogP contribution in [0, 0.1) is 6.92 Å². The van der Waals surface area contributed by atoms with E-state index in [2.05, 4.69) is 20.2 Å². The van der Waals surface area contributed by atoms with Gasteiger partial charge in [-0.05, 0) is 37.6 Å². The molecule has 1 unspecified atom stereocenters. The van der Waals surface area contributed by atoms with Gasteiger partial charge in [0.05, 0.1) is 29.5 Å². The topological polar surface area (TPSA) is 72.3 Å². The smallest absolute Gasteiger partial charge is 0.356 e. The van der Waals surface area contributed by atoms with Gasteiger partial charge in [-0.25, -0.2) is 14.8 Å². The molecule has 1 aliphatic heterocycles. The molecule has 0 bridgehead atoms. The number of rotatable bonds is 3. The predicted molar refractivity (Wildman–Crippen MR) is 105 cm³/mol. The number of carbonyl (C=O) groups excluding carboxylic acids is 1. The average Bonchev–Trinajstić information content (AvgIpc) is 3.13. The Morgan fingerprint density at radius 2 is 2.07 bits per heavy atom. The Hall–Kier alpha value is -2.80. The number of anilines is 2. The van der Waals surface area contributed by atoms with Gasteiger partial charge in [-0.1, -0.05) is 17.7 Å². The van der Waals surface area contributed by atoms with Crippen LogP contribution in [-0.2, 0) is 18.3 Å². The number of methoxy groups -OCH3 is 1. The third-order valence-corrected chi connectivity index (χ3v) is 5.45. The van der Waals surface area contributed by atoms with Gasteiger partial charge in [-0.15, -0.1) is 0 Å². The third-order valence-electron chi connectivity index (χ3n) is 5.03. The number of ether oxygens (including phenoxy) is 1. The molecule has 0 amide bonds. The van der Waals surface area contributed by atoms with Crippen LogP contribution in [0.25, 0.3) is 11.0 Å². The Kier molecular flexibility index (Phi) is 4.19. The van der Waals surface area contributed by atoms with Crippen molar-refractivity contribution in [3.05, 3.63) is 46.4 Å². The minimum Gasteiger partial charge on any atom is -0.464 e. The van der Waals surface area contributed by atoms with Gasteiger partial charge in [0.15, 0.2) is 11.5 Å². The minimum absolute atomic E-state index is 0.0117. The van der Waals surface area contributed by atoms with Crippen LogP contribution in [-0.4, -0.2) is 33.8 Å². The van der Waals surface area contributed by atoms with Crippen molar-refractivity contribution in [1.29, 1.82) is 0 Å². The number of pyridine rings is 1. The third kappa shape index (κ3) is 2.78. The number of nitrogens with zero attached hydrogens (tertiary/aromatic N) is 4. The number of carbonyl (C=O) groups is 1. The molecule has 0 aliphatic carbocycles. The van der Waals surface area contributed by atoms with Gasteiger partial charge < -0.3 is 19.5 Å². The first kappa shape index (κ1) is 17.6. The van der Waals surface area contributed by atoms with Crippen molar-refractivity contribution >= 4 is 40.1 Å². The highest BCUT2D eigenvalue weighted by Crippen LogP contribution is 2.36. The first-order valence-electron chi connectivity index (χ1n) is 8.63. The number of hydrogen-bond acceptors (Lipinski definition) is 6. The number of fused-ring (bicyclic) bond motifs is 2. The summed E-state index contributed by atoms with van der Waals surface area (Å²) in [6.45, 7) is 4.60. The van der Waals surface area contributed by atoms with E-state index in [1.54, 1.807) is 6.07 Å².